The molecule has 0 radical (unpaired) electrons. The fourth-order valence-electron chi connectivity index (χ4n) is 2.22. The monoisotopic (exact) mass is 337 g/mol. The second kappa shape index (κ2) is 8.18. The lowest BCUT2D eigenvalue weighted by Crippen LogP contribution is -2.28. The number of rotatable bonds is 6. The Morgan fingerprint density at radius 3 is 2.45 bits per heavy atom. The molecule has 0 saturated carbocycles. The average molecular weight is 338 g/mol. The van der Waals surface area contributed by atoms with Crippen LogP contribution in [0, 0.1) is 0 Å². The Bertz CT molecular complexity index is 632. The Labute approximate surface area is 139 Å². The van der Waals surface area contributed by atoms with E-state index >= 15 is 0 Å². The molecule has 0 unspecified atom stereocenters. The van der Waals surface area contributed by atoms with Crippen LogP contribution < -0.4 is 5.32 Å². The van der Waals surface area contributed by atoms with Crippen LogP contribution in [0.5, 0.6) is 0 Å². The maximum atomic E-state index is 12.1. The number of hydrogen-bond donors (Lipinski definition) is 2. The minimum Gasteiger partial charge on any atom is -0.396 e. The summed E-state index contributed by atoms with van der Waals surface area (Å²) in [6, 6.07) is 14.4. The van der Waals surface area contributed by atoms with Crippen LogP contribution in [-0.2, 0) is 0 Å². The summed E-state index contributed by atoms with van der Waals surface area (Å²) < 4.78 is 0. The van der Waals surface area contributed by atoms with Gasteiger partial charge in [0.15, 0.2) is 0 Å². The van der Waals surface area contributed by atoms with Crippen molar-refractivity contribution in [2.45, 2.75) is 12.3 Å². The van der Waals surface area contributed by atoms with E-state index in [2.05, 4.69) is 5.32 Å². The normalized spacial score (nSPS) is 12.0. The van der Waals surface area contributed by atoms with Gasteiger partial charge in [-0.25, -0.2) is 0 Å². The van der Waals surface area contributed by atoms with E-state index in [1.54, 1.807) is 24.3 Å². The van der Waals surface area contributed by atoms with E-state index in [0.29, 0.717) is 28.6 Å². The second-order valence-electron chi connectivity index (χ2n) is 4.96. The number of aliphatic hydroxyl groups is 1. The molecule has 0 aliphatic rings. The fraction of sp³-hybridized carbons (Fsp3) is 0.235. The van der Waals surface area contributed by atoms with Gasteiger partial charge in [0, 0.05) is 24.6 Å². The Balaban J connectivity index is 2.05. The highest BCUT2D eigenvalue weighted by atomic mass is 35.5. The van der Waals surface area contributed by atoms with E-state index < -0.39 is 0 Å². The predicted molar refractivity (Wildman–Crippen MR) is 89.7 cm³/mol. The van der Waals surface area contributed by atoms with Crippen LogP contribution in [0.3, 0.4) is 0 Å². The van der Waals surface area contributed by atoms with E-state index in [1.807, 2.05) is 24.3 Å². The zero-order valence-corrected chi connectivity index (χ0v) is 13.4. The quantitative estimate of drug-likeness (QED) is 0.840. The van der Waals surface area contributed by atoms with Crippen molar-refractivity contribution in [3.8, 4) is 0 Å². The fourth-order valence-corrected chi connectivity index (χ4v) is 2.52. The van der Waals surface area contributed by atoms with Gasteiger partial charge in [-0.2, -0.15) is 0 Å². The number of carbonyl (C=O) groups excluding carboxylic acids is 1. The number of aliphatic hydroxyl groups excluding tert-OH is 1. The third kappa shape index (κ3) is 4.47. The number of amides is 1. The van der Waals surface area contributed by atoms with Crippen molar-refractivity contribution < 1.29 is 9.90 Å². The van der Waals surface area contributed by atoms with Crippen LogP contribution in [0.15, 0.2) is 48.5 Å². The number of benzene rings is 2. The molecular formula is C17H17Cl2NO2. The molecule has 0 fully saturated rings. The predicted octanol–water partition coefficient (Wildman–Crippen LogP) is 3.89. The molecule has 0 aliphatic heterocycles. The van der Waals surface area contributed by atoms with Gasteiger partial charge in [0.1, 0.15) is 0 Å². The Hall–Kier alpha value is -1.55. The first-order valence-electron chi connectivity index (χ1n) is 7.01. The smallest absolute Gasteiger partial charge is 0.251 e. The van der Waals surface area contributed by atoms with E-state index in [1.165, 1.54) is 0 Å². The minimum absolute atomic E-state index is 0.0209. The molecular weight excluding hydrogens is 321 g/mol. The third-order valence-electron chi connectivity index (χ3n) is 3.44. The lowest BCUT2D eigenvalue weighted by Gasteiger charge is -2.18. The maximum absolute atomic E-state index is 12.1. The van der Waals surface area contributed by atoms with Gasteiger partial charge in [0.25, 0.3) is 5.91 Å². The third-order valence-corrected chi connectivity index (χ3v) is 4.18. The van der Waals surface area contributed by atoms with E-state index in [9.17, 15) is 9.90 Å². The second-order valence-corrected chi connectivity index (χ2v) is 5.77. The van der Waals surface area contributed by atoms with Crippen LogP contribution in [0.25, 0.3) is 0 Å². The van der Waals surface area contributed by atoms with Crippen LogP contribution in [0.2, 0.25) is 10.0 Å². The largest absolute Gasteiger partial charge is 0.396 e. The van der Waals surface area contributed by atoms with Gasteiger partial charge in [-0.15, -0.1) is 0 Å². The van der Waals surface area contributed by atoms with Crippen LogP contribution >= 0.6 is 23.2 Å². The molecule has 0 heterocycles. The Morgan fingerprint density at radius 2 is 1.82 bits per heavy atom. The summed E-state index contributed by atoms with van der Waals surface area (Å²) in [6.07, 6.45) is 0.535. The minimum atomic E-state index is -0.136. The number of carbonyl (C=O) groups is 1. The van der Waals surface area contributed by atoms with E-state index in [0.717, 1.165) is 5.56 Å². The summed E-state index contributed by atoms with van der Waals surface area (Å²) in [6.45, 7) is 0.457. The van der Waals surface area contributed by atoms with Crippen molar-refractivity contribution in [2.75, 3.05) is 13.2 Å². The van der Waals surface area contributed by atoms with Crippen LogP contribution in [-0.4, -0.2) is 24.2 Å². The molecule has 2 rings (SSSR count). The molecule has 3 nitrogen and oxygen atoms in total. The zero-order chi connectivity index (χ0) is 15.9. The van der Waals surface area contributed by atoms with Gasteiger partial charge < -0.3 is 10.4 Å². The molecule has 2 aromatic rings. The zero-order valence-electron chi connectivity index (χ0n) is 11.9. The number of nitrogens with one attached hydrogen (secondary N) is 1. The van der Waals surface area contributed by atoms with Gasteiger partial charge in [0.2, 0.25) is 0 Å². The number of hydrogen-bond acceptors (Lipinski definition) is 2. The molecule has 0 spiro atoms. The summed E-state index contributed by atoms with van der Waals surface area (Å²) in [4.78, 5) is 12.1. The standard InChI is InChI=1S/C17H17Cl2NO2/c18-15-7-6-13(10-16(15)19)14(8-9-21)11-20-17(22)12-4-2-1-3-5-12/h1-7,10,14,21H,8-9,11H2,(H,20,22)/t14-/m1/s1. The summed E-state index contributed by atoms with van der Waals surface area (Å²) >= 11 is 12.0. The van der Waals surface area contributed by atoms with Crippen molar-refractivity contribution >= 4 is 29.1 Å². The first kappa shape index (κ1) is 16.8. The van der Waals surface area contributed by atoms with Crippen molar-refractivity contribution in [1.82, 2.24) is 5.32 Å². The molecule has 1 amide bonds. The summed E-state index contributed by atoms with van der Waals surface area (Å²) in [7, 11) is 0. The lowest BCUT2D eigenvalue weighted by atomic mass is 9.96. The van der Waals surface area contributed by atoms with Gasteiger partial charge in [-0.1, -0.05) is 47.5 Å². The molecule has 116 valence electrons. The highest BCUT2D eigenvalue weighted by Crippen LogP contribution is 2.27. The summed E-state index contributed by atoms with van der Waals surface area (Å²) in [5, 5.41) is 13.1. The van der Waals surface area contributed by atoms with Gasteiger partial charge >= 0.3 is 0 Å². The lowest BCUT2D eigenvalue weighted by molar-refractivity contribution is 0.0949. The molecule has 0 aromatic heterocycles. The molecule has 0 bridgehead atoms. The topological polar surface area (TPSA) is 49.3 Å². The van der Waals surface area contributed by atoms with Crippen molar-refractivity contribution in [2.24, 2.45) is 0 Å². The first-order chi connectivity index (χ1) is 10.6. The van der Waals surface area contributed by atoms with Crippen molar-refractivity contribution in [1.29, 1.82) is 0 Å². The molecule has 22 heavy (non-hydrogen) atoms. The van der Waals surface area contributed by atoms with Gasteiger partial charge in [0.05, 0.1) is 10.0 Å². The Kier molecular flexibility index (Phi) is 6.25. The molecule has 5 heteroatoms. The molecule has 0 aliphatic carbocycles. The Morgan fingerprint density at radius 1 is 1.09 bits per heavy atom. The van der Waals surface area contributed by atoms with Crippen molar-refractivity contribution in [3.05, 3.63) is 69.7 Å². The van der Waals surface area contributed by atoms with E-state index in [4.69, 9.17) is 23.2 Å². The highest BCUT2D eigenvalue weighted by molar-refractivity contribution is 6.42. The van der Waals surface area contributed by atoms with Gasteiger partial charge in [-0.3, -0.25) is 4.79 Å². The van der Waals surface area contributed by atoms with Gasteiger partial charge in [-0.05, 0) is 36.2 Å². The highest BCUT2D eigenvalue weighted by Gasteiger charge is 2.14. The number of halogens is 2. The molecule has 0 saturated heterocycles. The average Bonchev–Trinajstić information content (AvgIpc) is 2.54. The first-order valence-corrected chi connectivity index (χ1v) is 7.76. The molecule has 2 aromatic carbocycles. The maximum Gasteiger partial charge on any atom is 0.251 e. The van der Waals surface area contributed by atoms with Crippen molar-refractivity contribution in [3.63, 3.8) is 0 Å². The van der Waals surface area contributed by atoms with Crippen LogP contribution in [0.1, 0.15) is 28.3 Å². The molecule has 1 atom stereocenters. The molecule has 2 N–H and O–H groups in total. The van der Waals surface area contributed by atoms with E-state index in [-0.39, 0.29) is 18.4 Å². The summed E-state index contributed by atoms with van der Waals surface area (Å²) in [5.74, 6) is -0.156. The summed E-state index contributed by atoms with van der Waals surface area (Å²) in [5.41, 5.74) is 1.55. The van der Waals surface area contributed by atoms with Crippen LogP contribution in [0.4, 0.5) is 0 Å². The SMILES string of the molecule is O=C(NC[C@@H](CCO)c1ccc(Cl)c(Cl)c1)c1ccccc1.